The summed E-state index contributed by atoms with van der Waals surface area (Å²) in [5, 5.41) is 1.18. The van der Waals surface area contributed by atoms with Crippen LogP contribution < -0.4 is 0 Å². The molecule has 1 heterocycles. The Bertz CT molecular complexity index is 742. The molecule has 0 bridgehead atoms. The molecule has 0 aliphatic heterocycles. The van der Waals surface area contributed by atoms with Crippen molar-refractivity contribution in [3.8, 4) is 11.1 Å². The lowest BCUT2D eigenvalue weighted by molar-refractivity contribution is 0.760. The van der Waals surface area contributed by atoms with Gasteiger partial charge in [-0.15, -0.1) is 0 Å². The molecular formula is C18H17NS. The molecular weight excluding hydrogens is 262 g/mol. The van der Waals surface area contributed by atoms with Gasteiger partial charge < -0.3 is 0 Å². The lowest BCUT2D eigenvalue weighted by atomic mass is 9.97. The van der Waals surface area contributed by atoms with Gasteiger partial charge in [0.05, 0.1) is 11.2 Å². The van der Waals surface area contributed by atoms with Crippen molar-refractivity contribution in [1.82, 2.24) is 4.98 Å². The molecule has 3 aromatic rings. The van der Waals surface area contributed by atoms with E-state index in [4.69, 9.17) is 4.98 Å². The SMILES string of the molecule is CC(C)(S)c1cc(-c2ccccc2)c2ccccc2n1. The fourth-order valence-electron chi connectivity index (χ4n) is 2.35. The van der Waals surface area contributed by atoms with E-state index in [0.29, 0.717) is 0 Å². The third-order valence-corrected chi connectivity index (χ3v) is 3.66. The van der Waals surface area contributed by atoms with Crippen LogP contribution in [0.2, 0.25) is 0 Å². The first-order valence-corrected chi connectivity index (χ1v) is 7.18. The molecule has 0 spiro atoms. The lowest BCUT2D eigenvalue weighted by Crippen LogP contribution is -2.10. The minimum atomic E-state index is -0.256. The zero-order valence-electron chi connectivity index (χ0n) is 11.7. The number of thiol groups is 1. The highest BCUT2D eigenvalue weighted by atomic mass is 32.1. The summed E-state index contributed by atoms with van der Waals surface area (Å²) in [5.41, 5.74) is 4.45. The van der Waals surface area contributed by atoms with Crippen molar-refractivity contribution in [3.63, 3.8) is 0 Å². The Hall–Kier alpha value is -1.80. The van der Waals surface area contributed by atoms with Crippen LogP contribution in [0.1, 0.15) is 19.5 Å². The minimum absolute atomic E-state index is 0.256. The van der Waals surface area contributed by atoms with Gasteiger partial charge in [-0.25, -0.2) is 0 Å². The van der Waals surface area contributed by atoms with Gasteiger partial charge in [0.2, 0.25) is 0 Å². The molecule has 2 heteroatoms. The van der Waals surface area contributed by atoms with Crippen LogP contribution in [0.3, 0.4) is 0 Å². The zero-order valence-corrected chi connectivity index (χ0v) is 12.6. The molecule has 0 saturated heterocycles. The van der Waals surface area contributed by atoms with Gasteiger partial charge in [0.1, 0.15) is 0 Å². The summed E-state index contributed by atoms with van der Waals surface area (Å²) in [6, 6.07) is 20.9. The van der Waals surface area contributed by atoms with Crippen molar-refractivity contribution in [2.75, 3.05) is 0 Å². The first-order chi connectivity index (χ1) is 9.55. The van der Waals surface area contributed by atoms with E-state index < -0.39 is 0 Å². The summed E-state index contributed by atoms with van der Waals surface area (Å²) >= 11 is 4.67. The van der Waals surface area contributed by atoms with Gasteiger partial charge in [-0.1, -0.05) is 48.5 Å². The van der Waals surface area contributed by atoms with Crippen molar-refractivity contribution in [2.45, 2.75) is 18.6 Å². The number of hydrogen-bond acceptors (Lipinski definition) is 2. The molecule has 0 amide bonds. The number of hydrogen-bond donors (Lipinski definition) is 1. The number of benzene rings is 2. The van der Waals surface area contributed by atoms with Crippen molar-refractivity contribution < 1.29 is 0 Å². The molecule has 0 unspecified atom stereocenters. The molecule has 1 nitrogen and oxygen atoms in total. The maximum absolute atomic E-state index is 4.76. The van der Waals surface area contributed by atoms with Crippen molar-refractivity contribution in [1.29, 1.82) is 0 Å². The average molecular weight is 279 g/mol. The first-order valence-electron chi connectivity index (χ1n) is 6.74. The number of aromatic nitrogens is 1. The van der Waals surface area contributed by atoms with Gasteiger partial charge in [0.25, 0.3) is 0 Å². The second-order valence-corrected chi connectivity index (χ2v) is 6.62. The Kier molecular flexibility index (Phi) is 3.27. The van der Waals surface area contributed by atoms with Gasteiger partial charge in [0, 0.05) is 10.1 Å². The van der Waals surface area contributed by atoms with E-state index in [-0.39, 0.29) is 4.75 Å². The quantitative estimate of drug-likeness (QED) is 0.646. The van der Waals surface area contributed by atoms with E-state index in [0.717, 1.165) is 11.2 Å². The highest BCUT2D eigenvalue weighted by Crippen LogP contribution is 2.33. The largest absolute Gasteiger partial charge is 0.251 e. The number of fused-ring (bicyclic) bond motifs is 1. The van der Waals surface area contributed by atoms with Crippen LogP contribution in [-0.2, 0) is 4.75 Å². The van der Waals surface area contributed by atoms with Gasteiger partial charge in [-0.3, -0.25) is 4.98 Å². The molecule has 0 N–H and O–H groups in total. The molecule has 0 atom stereocenters. The number of para-hydroxylation sites is 1. The number of rotatable bonds is 2. The maximum atomic E-state index is 4.76. The van der Waals surface area contributed by atoms with E-state index in [1.54, 1.807) is 0 Å². The van der Waals surface area contributed by atoms with Gasteiger partial charge in [-0.05, 0) is 37.1 Å². The molecule has 0 aliphatic carbocycles. The molecule has 0 fully saturated rings. The predicted molar refractivity (Wildman–Crippen MR) is 89.2 cm³/mol. The van der Waals surface area contributed by atoms with E-state index >= 15 is 0 Å². The number of nitrogens with zero attached hydrogens (tertiary/aromatic N) is 1. The van der Waals surface area contributed by atoms with Gasteiger partial charge >= 0.3 is 0 Å². The van der Waals surface area contributed by atoms with Crippen LogP contribution in [0.5, 0.6) is 0 Å². The first kappa shape index (κ1) is 13.2. The summed E-state index contributed by atoms with van der Waals surface area (Å²) in [4.78, 5) is 4.76. The third kappa shape index (κ3) is 2.44. The van der Waals surface area contributed by atoms with Gasteiger partial charge in [-0.2, -0.15) is 12.6 Å². The van der Waals surface area contributed by atoms with Crippen LogP contribution in [0.15, 0.2) is 60.7 Å². The average Bonchev–Trinajstić information content (AvgIpc) is 2.46. The van der Waals surface area contributed by atoms with E-state index in [9.17, 15) is 0 Å². The smallest absolute Gasteiger partial charge is 0.0712 e. The molecule has 3 rings (SSSR count). The van der Waals surface area contributed by atoms with Crippen molar-refractivity contribution in [2.24, 2.45) is 0 Å². The summed E-state index contributed by atoms with van der Waals surface area (Å²) in [6.45, 7) is 4.14. The van der Waals surface area contributed by atoms with Crippen LogP contribution in [-0.4, -0.2) is 4.98 Å². The summed E-state index contributed by atoms with van der Waals surface area (Å²) in [6.07, 6.45) is 0. The molecule has 0 aliphatic rings. The normalized spacial score (nSPS) is 11.8. The zero-order chi connectivity index (χ0) is 14.2. The third-order valence-electron chi connectivity index (χ3n) is 3.43. The summed E-state index contributed by atoms with van der Waals surface area (Å²) in [5.74, 6) is 0. The second-order valence-electron chi connectivity index (χ2n) is 5.50. The fraction of sp³-hybridized carbons (Fsp3) is 0.167. The van der Waals surface area contributed by atoms with Crippen LogP contribution in [0.4, 0.5) is 0 Å². The lowest BCUT2D eigenvalue weighted by Gasteiger charge is -2.19. The van der Waals surface area contributed by atoms with E-state index in [1.165, 1.54) is 16.5 Å². The molecule has 0 saturated carbocycles. The molecule has 100 valence electrons. The minimum Gasteiger partial charge on any atom is -0.251 e. The summed E-state index contributed by atoms with van der Waals surface area (Å²) in [7, 11) is 0. The number of pyridine rings is 1. The monoisotopic (exact) mass is 279 g/mol. The Labute approximate surface area is 125 Å². The van der Waals surface area contributed by atoms with E-state index in [1.807, 2.05) is 12.1 Å². The van der Waals surface area contributed by atoms with Crippen LogP contribution in [0, 0.1) is 0 Å². The standard InChI is InChI=1S/C18H17NS/c1-18(2,20)17-12-15(13-8-4-3-5-9-13)14-10-6-7-11-16(14)19-17/h3-12,20H,1-2H3. The van der Waals surface area contributed by atoms with Crippen molar-refractivity contribution in [3.05, 3.63) is 66.4 Å². The maximum Gasteiger partial charge on any atom is 0.0712 e. The molecule has 2 aromatic carbocycles. The van der Waals surface area contributed by atoms with Crippen LogP contribution >= 0.6 is 12.6 Å². The molecule has 0 radical (unpaired) electrons. The van der Waals surface area contributed by atoms with Crippen molar-refractivity contribution >= 4 is 23.5 Å². The Morgan fingerprint density at radius 3 is 2.25 bits per heavy atom. The second kappa shape index (κ2) is 4.95. The highest BCUT2D eigenvalue weighted by Gasteiger charge is 2.19. The fourth-order valence-corrected chi connectivity index (χ4v) is 2.46. The highest BCUT2D eigenvalue weighted by molar-refractivity contribution is 7.81. The van der Waals surface area contributed by atoms with Crippen LogP contribution in [0.25, 0.3) is 22.0 Å². The van der Waals surface area contributed by atoms with E-state index in [2.05, 4.69) is 75.0 Å². The molecule has 20 heavy (non-hydrogen) atoms. The van der Waals surface area contributed by atoms with Gasteiger partial charge in [0.15, 0.2) is 0 Å². The Morgan fingerprint density at radius 2 is 1.55 bits per heavy atom. The topological polar surface area (TPSA) is 12.9 Å². The predicted octanol–water partition coefficient (Wildman–Crippen LogP) is 5.07. The summed E-state index contributed by atoms with van der Waals surface area (Å²) < 4.78 is -0.256. The Morgan fingerprint density at radius 1 is 0.900 bits per heavy atom. The molecule has 1 aromatic heterocycles. The Balaban J connectivity index is 2.34.